The van der Waals surface area contributed by atoms with Crippen molar-refractivity contribution in [1.29, 1.82) is 0 Å². The molecule has 0 spiro atoms. The van der Waals surface area contributed by atoms with E-state index in [1.54, 1.807) is 0 Å². The van der Waals surface area contributed by atoms with Gasteiger partial charge in [0.25, 0.3) is 0 Å². The second-order valence-corrected chi connectivity index (χ2v) is 4.85. The first-order valence-electron chi connectivity index (χ1n) is 5.53. The number of rotatable bonds is 3. The van der Waals surface area contributed by atoms with E-state index in [0.29, 0.717) is 0 Å². The fourth-order valence-electron chi connectivity index (χ4n) is 1.57. The molecule has 0 atom stereocenters. The third-order valence-corrected chi connectivity index (χ3v) is 2.99. The van der Waals surface area contributed by atoms with Gasteiger partial charge in [0, 0.05) is 10.2 Å². The van der Waals surface area contributed by atoms with Crippen LogP contribution in [0, 0.1) is 5.82 Å². The summed E-state index contributed by atoms with van der Waals surface area (Å²) >= 11 is 3.33. The molecule has 98 valence electrons. The van der Waals surface area contributed by atoms with Crippen LogP contribution in [0.25, 0.3) is 0 Å². The van der Waals surface area contributed by atoms with Crippen molar-refractivity contribution in [3.8, 4) is 0 Å². The van der Waals surface area contributed by atoms with Gasteiger partial charge in [-0.05, 0) is 35.9 Å². The second-order valence-electron chi connectivity index (χ2n) is 3.94. The zero-order valence-corrected chi connectivity index (χ0v) is 11.5. The Hall–Kier alpha value is -1.88. The molecule has 5 heteroatoms. The maximum atomic E-state index is 12.9. The van der Waals surface area contributed by atoms with Crippen LogP contribution in [0.1, 0.15) is 15.9 Å². The van der Waals surface area contributed by atoms with E-state index < -0.39 is 11.8 Å². The van der Waals surface area contributed by atoms with E-state index in [1.165, 1.54) is 12.1 Å². The Morgan fingerprint density at radius 2 is 2.05 bits per heavy atom. The fourth-order valence-corrected chi connectivity index (χ4v) is 2.02. The summed E-state index contributed by atoms with van der Waals surface area (Å²) in [7, 11) is 0. The predicted molar refractivity (Wildman–Crippen MR) is 74.1 cm³/mol. The molecule has 0 amide bonds. The van der Waals surface area contributed by atoms with Crippen molar-refractivity contribution in [2.75, 3.05) is 5.73 Å². The molecule has 0 heterocycles. The van der Waals surface area contributed by atoms with Gasteiger partial charge < -0.3 is 10.5 Å². The number of hydrogen-bond donors (Lipinski definition) is 1. The topological polar surface area (TPSA) is 52.3 Å². The maximum Gasteiger partial charge on any atom is 0.340 e. The van der Waals surface area contributed by atoms with E-state index in [0.717, 1.165) is 16.1 Å². The molecule has 0 radical (unpaired) electrons. The summed E-state index contributed by atoms with van der Waals surface area (Å²) in [6, 6.07) is 11.0. The van der Waals surface area contributed by atoms with Gasteiger partial charge in [0.2, 0.25) is 0 Å². The van der Waals surface area contributed by atoms with Crippen molar-refractivity contribution in [3.63, 3.8) is 0 Å². The summed E-state index contributed by atoms with van der Waals surface area (Å²) in [5, 5.41) is 0. The molecule has 0 bridgehead atoms. The lowest BCUT2D eigenvalue weighted by Gasteiger charge is -2.07. The molecule has 2 aromatic rings. The molecular weight excluding hydrogens is 313 g/mol. The Labute approximate surface area is 118 Å². The number of benzene rings is 2. The number of hydrogen-bond acceptors (Lipinski definition) is 3. The predicted octanol–water partition coefficient (Wildman–Crippen LogP) is 3.53. The average Bonchev–Trinajstić information content (AvgIpc) is 2.36. The zero-order valence-electron chi connectivity index (χ0n) is 9.90. The Morgan fingerprint density at radius 3 is 2.74 bits per heavy atom. The minimum atomic E-state index is -0.572. The van der Waals surface area contributed by atoms with Crippen LogP contribution in [-0.2, 0) is 11.3 Å². The van der Waals surface area contributed by atoms with Crippen LogP contribution < -0.4 is 5.73 Å². The Bertz CT molecular complexity index is 616. The molecule has 0 aromatic heterocycles. The number of ether oxygens (including phenoxy) is 1. The van der Waals surface area contributed by atoms with Crippen LogP contribution in [0.4, 0.5) is 10.1 Å². The van der Waals surface area contributed by atoms with Gasteiger partial charge in [-0.3, -0.25) is 0 Å². The summed E-state index contributed by atoms with van der Waals surface area (Å²) in [6.45, 7) is 0.134. The number of anilines is 1. The second kappa shape index (κ2) is 5.84. The van der Waals surface area contributed by atoms with Crippen molar-refractivity contribution in [2.24, 2.45) is 0 Å². The number of esters is 1. The maximum absolute atomic E-state index is 12.9. The molecule has 0 saturated heterocycles. The molecule has 0 aliphatic heterocycles. The van der Waals surface area contributed by atoms with Gasteiger partial charge in [0.15, 0.2) is 0 Å². The summed E-state index contributed by atoms with van der Waals surface area (Å²) in [4.78, 5) is 11.8. The molecule has 2 aromatic carbocycles. The molecule has 19 heavy (non-hydrogen) atoms. The number of carbonyl (C=O) groups excluding carboxylic acids is 1. The third-order valence-electron chi connectivity index (χ3n) is 2.49. The number of halogens is 2. The first kappa shape index (κ1) is 13.5. The van der Waals surface area contributed by atoms with Crippen LogP contribution in [0.5, 0.6) is 0 Å². The summed E-state index contributed by atoms with van der Waals surface area (Å²) in [5.74, 6) is -1.06. The van der Waals surface area contributed by atoms with E-state index in [2.05, 4.69) is 15.9 Å². The minimum Gasteiger partial charge on any atom is -0.457 e. The Kier molecular flexibility index (Phi) is 4.16. The van der Waals surface area contributed by atoms with Crippen molar-refractivity contribution < 1.29 is 13.9 Å². The monoisotopic (exact) mass is 323 g/mol. The average molecular weight is 324 g/mol. The molecule has 2 rings (SSSR count). The van der Waals surface area contributed by atoms with Crippen molar-refractivity contribution in [1.82, 2.24) is 0 Å². The van der Waals surface area contributed by atoms with Gasteiger partial charge in [-0.15, -0.1) is 0 Å². The van der Waals surface area contributed by atoms with Gasteiger partial charge in [-0.25, -0.2) is 9.18 Å². The zero-order chi connectivity index (χ0) is 13.8. The molecule has 3 nitrogen and oxygen atoms in total. The van der Waals surface area contributed by atoms with E-state index in [-0.39, 0.29) is 17.9 Å². The van der Waals surface area contributed by atoms with Gasteiger partial charge in [-0.2, -0.15) is 0 Å². The lowest BCUT2D eigenvalue weighted by Crippen LogP contribution is -2.08. The first-order valence-corrected chi connectivity index (χ1v) is 6.32. The quantitative estimate of drug-likeness (QED) is 0.694. The smallest absolute Gasteiger partial charge is 0.340 e. The summed E-state index contributed by atoms with van der Waals surface area (Å²) < 4.78 is 18.9. The van der Waals surface area contributed by atoms with Crippen LogP contribution >= 0.6 is 15.9 Å². The van der Waals surface area contributed by atoms with E-state index in [4.69, 9.17) is 10.5 Å². The number of carbonyl (C=O) groups is 1. The largest absolute Gasteiger partial charge is 0.457 e. The molecule has 0 saturated carbocycles. The minimum absolute atomic E-state index is 0.0687. The highest BCUT2D eigenvalue weighted by Gasteiger charge is 2.12. The highest BCUT2D eigenvalue weighted by molar-refractivity contribution is 9.10. The molecule has 0 fully saturated rings. The van der Waals surface area contributed by atoms with Crippen LogP contribution in [0.15, 0.2) is 46.9 Å². The highest BCUT2D eigenvalue weighted by atomic mass is 79.9. The summed E-state index contributed by atoms with van der Waals surface area (Å²) in [5.41, 5.74) is 6.65. The standard InChI is InChI=1S/C14H11BrFNO2/c15-10-3-1-2-9(6-10)8-19-14(18)12-5-4-11(16)7-13(12)17/h1-7H,8,17H2. The SMILES string of the molecule is Nc1cc(F)ccc1C(=O)OCc1cccc(Br)c1. The van der Waals surface area contributed by atoms with Gasteiger partial charge >= 0.3 is 5.97 Å². The number of nitrogens with two attached hydrogens (primary N) is 1. The van der Waals surface area contributed by atoms with Crippen molar-refractivity contribution >= 4 is 27.6 Å². The first-order chi connectivity index (χ1) is 9.06. The Morgan fingerprint density at radius 1 is 1.26 bits per heavy atom. The molecule has 0 aliphatic rings. The van der Waals surface area contributed by atoms with Crippen LogP contribution in [-0.4, -0.2) is 5.97 Å². The van der Waals surface area contributed by atoms with E-state index >= 15 is 0 Å². The molecule has 0 aliphatic carbocycles. The summed E-state index contributed by atoms with van der Waals surface area (Å²) in [6.07, 6.45) is 0. The Balaban J connectivity index is 2.05. The highest BCUT2D eigenvalue weighted by Crippen LogP contribution is 2.16. The lowest BCUT2D eigenvalue weighted by molar-refractivity contribution is 0.0474. The fraction of sp³-hybridized carbons (Fsp3) is 0.0714. The van der Waals surface area contributed by atoms with Crippen molar-refractivity contribution in [3.05, 3.63) is 63.9 Å². The van der Waals surface area contributed by atoms with E-state index in [9.17, 15) is 9.18 Å². The van der Waals surface area contributed by atoms with Gasteiger partial charge in [0.05, 0.1) is 5.56 Å². The van der Waals surface area contributed by atoms with Gasteiger partial charge in [-0.1, -0.05) is 28.1 Å². The molecule has 0 unspecified atom stereocenters. The van der Waals surface area contributed by atoms with Gasteiger partial charge in [0.1, 0.15) is 12.4 Å². The number of nitrogen functional groups attached to an aromatic ring is 1. The normalized spacial score (nSPS) is 10.2. The van der Waals surface area contributed by atoms with Crippen molar-refractivity contribution in [2.45, 2.75) is 6.61 Å². The molecule has 2 N–H and O–H groups in total. The third kappa shape index (κ3) is 3.54. The van der Waals surface area contributed by atoms with E-state index in [1.807, 2.05) is 24.3 Å². The molecular formula is C14H11BrFNO2. The van der Waals surface area contributed by atoms with Crippen LogP contribution in [0.3, 0.4) is 0 Å². The lowest BCUT2D eigenvalue weighted by atomic mass is 10.2. The van der Waals surface area contributed by atoms with Crippen LogP contribution in [0.2, 0.25) is 0 Å².